The number of ether oxygens (including phenoxy) is 1. The van der Waals surface area contributed by atoms with Gasteiger partial charge in [0.1, 0.15) is 17.1 Å². The van der Waals surface area contributed by atoms with E-state index in [0.717, 1.165) is 0 Å². The highest BCUT2D eigenvalue weighted by Crippen LogP contribution is 2.22. The van der Waals surface area contributed by atoms with Crippen molar-refractivity contribution in [1.29, 1.82) is 0 Å². The molecule has 0 aliphatic heterocycles. The molecule has 0 fully saturated rings. The number of halogens is 1. The van der Waals surface area contributed by atoms with Gasteiger partial charge in [-0.05, 0) is 32.9 Å². The Bertz CT molecular complexity index is 632. The van der Waals surface area contributed by atoms with Crippen LogP contribution >= 0.6 is 0 Å². The van der Waals surface area contributed by atoms with Gasteiger partial charge in [-0.25, -0.2) is 9.18 Å². The number of nitrogens with zero attached hydrogens (tertiary/aromatic N) is 1. The first-order valence-electron chi connectivity index (χ1n) is 6.52. The quantitative estimate of drug-likeness (QED) is 0.940. The van der Waals surface area contributed by atoms with Crippen molar-refractivity contribution in [3.63, 3.8) is 0 Å². The Labute approximate surface area is 122 Å². The fourth-order valence-corrected chi connectivity index (χ4v) is 1.67. The van der Waals surface area contributed by atoms with Crippen molar-refractivity contribution in [1.82, 2.24) is 10.5 Å². The molecule has 0 radical (unpaired) electrons. The number of amides is 1. The SMILES string of the molecule is CC(C)(C)OC(=O)NCc1cc(-c2ccccc2F)no1. The monoisotopic (exact) mass is 292 g/mol. The van der Waals surface area contributed by atoms with Gasteiger partial charge in [0.05, 0.1) is 6.54 Å². The zero-order chi connectivity index (χ0) is 15.5. The Kier molecular flexibility index (Phi) is 4.26. The van der Waals surface area contributed by atoms with Crippen LogP contribution in [0, 0.1) is 5.82 Å². The van der Waals surface area contributed by atoms with Gasteiger partial charge >= 0.3 is 6.09 Å². The molecule has 0 unspecified atom stereocenters. The number of aromatic nitrogens is 1. The fraction of sp³-hybridized carbons (Fsp3) is 0.333. The molecule has 21 heavy (non-hydrogen) atoms. The maximum Gasteiger partial charge on any atom is 0.408 e. The second kappa shape index (κ2) is 5.95. The van der Waals surface area contributed by atoms with Crippen LogP contribution in [0.5, 0.6) is 0 Å². The Balaban J connectivity index is 1.98. The Hall–Kier alpha value is -2.37. The average molecular weight is 292 g/mol. The molecule has 1 N–H and O–H groups in total. The molecule has 1 aromatic heterocycles. The second-order valence-corrected chi connectivity index (χ2v) is 5.51. The fourth-order valence-electron chi connectivity index (χ4n) is 1.67. The topological polar surface area (TPSA) is 64.4 Å². The lowest BCUT2D eigenvalue weighted by Gasteiger charge is -2.19. The number of alkyl carbamates (subject to hydrolysis) is 1. The minimum atomic E-state index is -0.566. The minimum absolute atomic E-state index is 0.121. The molecule has 0 atom stereocenters. The molecule has 0 bridgehead atoms. The van der Waals surface area contributed by atoms with Crippen molar-refractivity contribution >= 4 is 6.09 Å². The van der Waals surface area contributed by atoms with Crippen LogP contribution < -0.4 is 5.32 Å². The van der Waals surface area contributed by atoms with E-state index in [1.54, 1.807) is 45.0 Å². The molecule has 2 rings (SSSR count). The molecule has 112 valence electrons. The summed E-state index contributed by atoms with van der Waals surface area (Å²) in [5.41, 5.74) is 0.169. The predicted molar refractivity (Wildman–Crippen MR) is 75.0 cm³/mol. The van der Waals surface area contributed by atoms with Crippen LogP contribution in [0.15, 0.2) is 34.9 Å². The maximum absolute atomic E-state index is 13.6. The summed E-state index contributed by atoms with van der Waals surface area (Å²) in [7, 11) is 0. The van der Waals surface area contributed by atoms with Crippen molar-refractivity contribution < 1.29 is 18.4 Å². The summed E-state index contributed by atoms with van der Waals surface area (Å²) < 4.78 is 23.8. The Morgan fingerprint density at radius 3 is 2.76 bits per heavy atom. The lowest BCUT2D eigenvalue weighted by Crippen LogP contribution is -2.32. The van der Waals surface area contributed by atoms with Gasteiger partial charge in [0.15, 0.2) is 5.76 Å². The van der Waals surface area contributed by atoms with Gasteiger partial charge in [0, 0.05) is 11.6 Å². The minimum Gasteiger partial charge on any atom is -0.444 e. The van der Waals surface area contributed by atoms with Crippen LogP contribution in [0.25, 0.3) is 11.3 Å². The van der Waals surface area contributed by atoms with Gasteiger partial charge in [-0.2, -0.15) is 0 Å². The predicted octanol–water partition coefficient (Wildman–Crippen LogP) is 3.51. The first-order chi connectivity index (χ1) is 9.85. The highest BCUT2D eigenvalue weighted by Gasteiger charge is 2.17. The summed E-state index contributed by atoms with van der Waals surface area (Å²) in [6.07, 6.45) is -0.550. The third-order valence-electron chi connectivity index (χ3n) is 2.51. The summed E-state index contributed by atoms with van der Waals surface area (Å²) in [5.74, 6) is 0.0385. The Morgan fingerprint density at radius 1 is 1.38 bits per heavy atom. The van der Waals surface area contributed by atoms with Gasteiger partial charge in [-0.1, -0.05) is 17.3 Å². The van der Waals surface area contributed by atoms with Crippen LogP contribution in [0.2, 0.25) is 0 Å². The summed E-state index contributed by atoms with van der Waals surface area (Å²) in [6.45, 7) is 5.45. The van der Waals surface area contributed by atoms with Crippen LogP contribution in [0.1, 0.15) is 26.5 Å². The molecular formula is C15H17FN2O3. The molecule has 0 spiro atoms. The molecular weight excluding hydrogens is 275 g/mol. The van der Waals surface area contributed by atoms with E-state index in [1.165, 1.54) is 6.07 Å². The number of hydrogen-bond donors (Lipinski definition) is 1. The number of carbonyl (C=O) groups is 1. The first-order valence-corrected chi connectivity index (χ1v) is 6.52. The van der Waals surface area contributed by atoms with E-state index in [4.69, 9.17) is 9.26 Å². The molecule has 0 aliphatic carbocycles. The molecule has 5 nitrogen and oxygen atoms in total. The van der Waals surface area contributed by atoms with Gasteiger partial charge in [-0.15, -0.1) is 0 Å². The average Bonchev–Trinajstić information content (AvgIpc) is 2.83. The highest BCUT2D eigenvalue weighted by atomic mass is 19.1. The van der Waals surface area contributed by atoms with Crippen molar-refractivity contribution in [3.05, 3.63) is 41.9 Å². The number of rotatable bonds is 3. The number of nitrogens with one attached hydrogen (secondary N) is 1. The summed E-state index contributed by atoms with van der Waals surface area (Å²) in [6, 6.07) is 7.85. The zero-order valence-corrected chi connectivity index (χ0v) is 12.1. The van der Waals surface area contributed by atoms with Gasteiger partial charge in [0.25, 0.3) is 0 Å². The number of hydrogen-bond acceptors (Lipinski definition) is 4. The molecule has 6 heteroatoms. The molecule has 1 aromatic carbocycles. The van der Waals surface area contributed by atoms with Gasteiger partial charge < -0.3 is 14.6 Å². The largest absolute Gasteiger partial charge is 0.444 e. The normalized spacial score (nSPS) is 11.2. The maximum atomic E-state index is 13.6. The third kappa shape index (κ3) is 4.30. The molecule has 2 aromatic rings. The molecule has 0 aliphatic rings. The van der Waals surface area contributed by atoms with Crippen LogP contribution in [-0.4, -0.2) is 16.9 Å². The first kappa shape index (κ1) is 15.0. The zero-order valence-electron chi connectivity index (χ0n) is 12.1. The van der Waals surface area contributed by atoms with Crippen LogP contribution in [0.4, 0.5) is 9.18 Å². The van der Waals surface area contributed by atoms with Gasteiger partial charge in [0.2, 0.25) is 0 Å². The van der Waals surface area contributed by atoms with E-state index in [-0.39, 0.29) is 12.4 Å². The summed E-state index contributed by atoms with van der Waals surface area (Å²) in [4.78, 5) is 11.5. The van der Waals surface area contributed by atoms with Gasteiger partial charge in [-0.3, -0.25) is 0 Å². The van der Waals surface area contributed by atoms with Crippen molar-refractivity contribution in [2.75, 3.05) is 0 Å². The van der Waals surface area contributed by atoms with Crippen LogP contribution in [-0.2, 0) is 11.3 Å². The van der Waals surface area contributed by atoms with Crippen molar-refractivity contribution in [3.8, 4) is 11.3 Å². The summed E-state index contributed by atoms with van der Waals surface area (Å²) >= 11 is 0. The smallest absolute Gasteiger partial charge is 0.408 e. The van der Waals surface area contributed by atoms with Crippen molar-refractivity contribution in [2.45, 2.75) is 32.9 Å². The highest BCUT2D eigenvalue weighted by molar-refractivity contribution is 5.67. The summed E-state index contributed by atoms with van der Waals surface area (Å²) in [5, 5.41) is 6.34. The molecule has 0 saturated heterocycles. The molecule has 1 amide bonds. The standard InChI is InChI=1S/C15H17FN2O3/c1-15(2,3)20-14(19)17-9-10-8-13(18-21-10)11-6-4-5-7-12(11)16/h4-8H,9H2,1-3H3,(H,17,19). The van der Waals surface area contributed by atoms with E-state index in [9.17, 15) is 9.18 Å². The van der Waals surface area contributed by atoms with E-state index in [1.807, 2.05) is 0 Å². The lowest BCUT2D eigenvalue weighted by molar-refractivity contribution is 0.0519. The van der Waals surface area contributed by atoms with E-state index >= 15 is 0 Å². The van der Waals surface area contributed by atoms with E-state index in [0.29, 0.717) is 17.0 Å². The number of benzene rings is 1. The van der Waals surface area contributed by atoms with E-state index < -0.39 is 11.7 Å². The van der Waals surface area contributed by atoms with Crippen molar-refractivity contribution in [2.24, 2.45) is 0 Å². The van der Waals surface area contributed by atoms with Crippen LogP contribution in [0.3, 0.4) is 0 Å². The molecule has 0 saturated carbocycles. The number of carbonyl (C=O) groups excluding carboxylic acids is 1. The molecule has 1 heterocycles. The second-order valence-electron chi connectivity index (χ2n) is 5.51. The lowest BCUT2D eigenvalue weighted by atomic mass is 10.1. The Morgan fingerprint density at radius 2 is 2.10 bits per heavy atom. The third-order valence-corrected chi connectivity index (χ3v) is 2.51. The van der Waals surface area contributed by atoms with E-state index in [2.05, 4.69) is 10.5 Å².